The predicted molar refractivity (Wildman–Crippen MR) is 88.0 cm³/mol. The van der Waals surface area contributed by atoms with E-state index in [1.807, 2.05) is 12.1 Å². The first kappa shape index (κ1) is 15.3. The molecule has 0 saturated carbocycles. The van der Waals surface area contributed by atoms with Crippen molar-refractivity contribution in [3.05, 3.63) is 45.2 Å². The minimum absolute atomic E-state index is 0.0909. The van der Waals surface area contributed by atoms with Gasteiger partial charge in [-0.3, -0.25) is 4.90 Å². The highest BCUT2D eigenvalue weighted by molar-refractivity contribution is 7.16. The van der Waals surface area contributed by atoms with E-state index in [2.05, 4.69) is 20.9 Å². The molecule has 116 valence electrons. The summed E-state index contributed by atoms with van der Waals surface area (Å²) in [5.41, 5.74) is 0.0909. The molecule has 0 atom stereocenters. The molecule has 7 heteroatoms. The first-order chi connectivity index (χ1) is 10.6. The Morgan fingerprint density at radius 2 is 2.00 bits per heavy atom. The number of rotatable bonds is 4. The van der Waals surface area contributed by atoms with Gasteiger partial charge in [-0.1, -0.05) is 17.7 Å². The number of thiophene rings is 1. The van der Waals surface area contributed by atoms with Crippen LogP contribution in [0.25, 0.3) is 0 Å². The molecule has 1 aliphatic rings. The second-order valence-corrected chi connectivity index (χ2v) is 6.95. The van der Waals surface area contributed by atoms with Gasteiger partial charge in [0, 0.05) is 37.6 Å². The number of anilines is 1. The Bertz CT molecular complexity index is 668. The summed E-state index contributed by atoms with van der Waals surface area (Å²) in [5.74, 6) is -0.256. The van der Waals surface area contributed by atoms with Gasteiger partial charge in [0.1, 0.15) is 5.82 Å². The molecule has 0 amide bonds. The van der Waals surface area contributed by atoms with Crippen LogP contribution >= 0.6 is 22.9 Å². The van der Waals surface area contributed by atoms with Crippen LogP contribution in [0.4, 0.5) is 5.82 Å². The molecule has 5 nitrogen and oxygen atoms in total. The quantitative estimate of drug-likeness (QED) is 0.929. The zero-order chi connectivity index (χ0) is 15.5. The van der Waals surface area contributed by atoms with Gasteiger partial charge in [-0.15, -0.1) is 11.3 Å². The van der Waals surface area contributed by atoms with Crippen LogP contribution < -0.4 is 4.90 Å². The first-order valence-electron chi connectivity index (χ1n) is 7.04. The highest BCUT2D eigenvalue weighted by Crippen LogP contribution is 2.23. The third kappa shape index (κ3) is 3.58. The highest BCUT2D eigenvalue weighted by atomic mass is 35.5. The smallest absolute Gasteiger partial charge is 0.354 e. The fraction of sp³-hybridized carbons (Fsp3) is 0.333. The van der Waals surface area contributed by atoms with E-state index < -0.39 is 5.97 Å². The van der Waals surface area contributed by atoms with E-state index in [9.17, 15) is 4.79 Å². The topological polar surface area (TPSA) is 56.7 Å². The molecule has 0 aromatic carbocycles. The van der Waals surface area contributed by atoms with E-state index >= 15 is 0 Å². The van der Waals surface area contributed by atoms with Gasteiger partial charge in [0.05, 0.1) is 4.34 Å². The number of carboxylic acid groups (broad SMARTS) is 1. The van der Waals surface area contributed by atoms with E-state index in [1.54, 1.807) is 17.4 Å². The lowest BCUT2D eigenvalue weighted by atomic mass is 10.2. The van der Waals surface area contributed by atoms with Crippen LogP contribution in [-0.4, -0.2) is 47.1 Å². The second-order valence-electron chi connectivity index (χ2n) is 5.16. The summed E-state index contributed by atoms with van der Waals surface area (Å²) in [6.45, 7) is 4.45. The van der Waals surface area contributed by atoms with Gasteiger partial charge in [-0.2, -0.15) is 0 Å². The van der Waals surface area contributed by atoms with Crippen LogP contribution in [0.1, 0.15) is 15.4 Å². The average Bonchev–Trinajstić information content (AvgIpc) is 2.93. The van der Waals surface area contributed by atoms with Gasteiger partial charge in [-0.25, -0.2) is 9.78 Å². The lowest BCUT2D eigenvalue weighted by molar-refractivity contribution is 0.0690. The highest BCUT2D eigenvalue weighted by Gasteiger charge is 2.19. The monoisotopic (exact) mass is 337 g/mol. The number of nitrogens with zero attached hydrogens (tertiary/aromatic N) is 3. The molecule has 1 aliphatic heterocycles. The van der Waals surface area contributed by atoms with E-state index in [0.717, 1.165) is 42.9 Å². The Morgan fingerprint density at radius 3 is 2.64 bits per heavy atom. The Hall–Kier alpha value is -1.63. The van der Waals surface area contributed by atoms with Crippen molar-refractivity contribution < 1.29 is 9.90 Å². The van der Waals surface area contributed by atoms with Crippen molar-refractivity contribution in [3.8, 4) is 0 Å². The molecular weight excluding hydrogens is 322 g/mol. The summed E-state index contributed by atoms with van der Waals surface area (Å²) in [7, 11) is 0. The molecule has 22 heavy (non-hydrogen) atoms. The maximum absolute atomic E-state index is 11.0. The summed E-state index contributed by atoms with van der Waals surface area (Å²) in [6, 6.07) is 9.12. The van der Waals surface area contributed by atoms with Crippen molar-refractivity contribution in [1.29, 1.82) is 0 Å². The fourth-order valence-electron chi connectivity index (χ4n) is 2.51. The number of hydrogen-bond acceptors (Lipinski definition) is 5. The summed E-state index contributed by atoms with van der Waals surface area (Å²) in [6.07, 6.45) is 0. The zero-order valence-corrected chi connectivity index (χ0v) is 13.5. The second kappa shape index (κ2) is 6.64. The normalized spacial score (nSPS) is 16.0. The summed E-state index contributed by atoms with van der Waals surface area (Å²) >= 11 is 7.57. The minimum atomic E-state index is -0.991. The Labute approximate surface area is 137 Å². The number of aromatic carboxylic acids is 1. The molecule has 0 unspecified atom stereocenters. The van der Waals surface area contributed by atoms with Crippen molar-refractivity contribution in [2.75, 3.05) is 31.1 Å². The van der Waals surface area contributed by atoms with Crippen LogP contribution in [0.15, 0.2) is 30.3 Å². The molecule has 1 fully saturated rings. The van der Waals surface area contributed by atoms with Crippen molar-refractivity contribution in [2.24, 2.45) is 0 Å². The molecule has 3 rings (SSSR count). The predicted octanol–water partition coefficient (Wildman–Crippen LogP) is 2.82. The van der Waals surface area contributed by atoms with Crippen LogP contribution in [0.3, 0.4) is 0 Å². The SMILES string of the molecule is O=C(O)c1cccc(N2CCN(Cc3ccc(Cl)s3)CC2)n1. The standard InChI is InChI=1S/C15H16ClN3O2S/c16-13-5-4-11(22-13)10-18-6-8-19(9-7-18)14-3-1-2-12(17-14)15(20)21/h1-5H,6-10H2,(H,20,21). The maximum atomic E-state index is 11.0. The van der Waals surface area contributed by atoms with Crippen molar-refractivity contribution in [1.82, 2.24) is 9.88 Å². The fourth-order valence-corrected chi connectivity index (χ4v) is 3.64. The number of hydrogen-bond donors (Lipinski definition) is 1. The maximum Gasteiger partial charge on any atom is 0.354 e. The molecule has 1 N–H and O–H groups in total. The van der Waals surface area contributed by atoms with Crippen LogP contribution in [-0.2, 0) is 6.54 Å². The van der Waals surface area contributed by atoms with Gasteiger partial charge < -0.3 is 10.0 Å². The molecule has 2 aromatic heterocycles. The van der Waals surface area contributed by atoms with Gasteiger partial charge in [-0.05, 0) is 24.3 Å². The van der Waals surface area contributed by atoms with E-state index in [0.29, 0.717) is 0 Å². The Kier molecular flexibility index (Phi) is 4.61. The van der Waals surface area contributed by atoms with Crippen molar-refractivity contribution >= 4 is 34.7 Å². The number of aromatic nitrogens is 1. The first-order valence-corrected chi connectivity index (χ1v) is 8.23. The Morgan fingerprint density at radius 1 is 1.23 bits per heavy atom. The number of halogens is 1. The molecule has 1 saturated heterocycles. The lowest BCUT2D eigenvalue weighted by Gasteiger charge is -2.35. The van der Waals surface area contributed by atoms with E-state index in [4.69, 9.17) is 16.7 Å². The molecule has 0 bridgehead atoms. The average molecular weight is 338 g/mol. The van der Waals surface area contributed by atoms with Crippen LogP contribution in [0.2, 0.25) is 4.34 Å². The number of pyridine rings is 1. The third-order valence-electron chi connectivity index (χ3n) is 3.66. The zero-order valence-electron chi connectivity index (χ0n) is 11.9. The molecule has 0 spiro atoms. The van der Waals surface area contributed by atoms with E-state index in [-0.39, 0.29) is 5.69 Å². The van der Waals surface area contributed by atoms with Crippen LogP contribution in [0, 0.1) is 0 Å². The number of piperazine rings is 1. The lowest BCUT2D eigenvalue weighted by Crippen LogP contribution is -2.46. The van der Waals surface area contributed by atoms with Gasteiger partial charge in [0.25, 0.3) is 0 Å². The van der Waals surface area contributed by atoms with Gasteiger partial charge in [0.2, 0.25) is 0 Å². The Balaban J connectivity index is 1.59. The largest absolute Gasteiger partial charge is 0.477 e. The summed E-state index contributed by atoms with van der Waals surface area (Å²) in [5, 5.41) is 9.02. The minimum Gasteiger partial charge on any atom is -0.477 e. The number of carbonyl (C=O) groups is 1. The van der Waals surface area contributed by atoms with E-state index in [1.165, 1.54) is 10.9 Å². The van der Waals surface area contributed by atoms with Crippen LogP contribution in [0.5, 0.6) is 0 Å². The third-order valence-corrected chi connectivity index (χ3v) is 4.87. The molecular formula is C15H16ClN3O2S. The van der Waals surface area contributed by atoms with Crippen molar-refractivity contribution in [2.45, 2.75) is 6.54 Å². The van der Waals surface area contributed by atoms with Gasteiger partial charge in [0.15, 0.2) is 5.69 Å². The van der Waals surface area contributed by atoms with Crippen molar-refractivity contribution in [3.63, 3.8) is 0 Å². The number of carboxylic acids is 1. The molecule has 0 radical (unpaired) electrons. The van der Waals surface area contributed by atoms with Gasteiger partial charge >= 0.3 is 5.97 Å². The molecule has 2 aromatic rings. The molecule has 0 aliphatic carbocycles. The molecule has 3 heterocycles. The summed E-state index contributed by atoms with van der Waals surface area (Å²) < 4.78 is 0.823. The summed E-state index contributed by atoms with van der Waals surface area (Å²) in [4.78, 5) is 21.0.